The SMILES string of the molecule is COCCNc1ccc(CNC(=O)Nc2ccccc2OC)cc1. The molecule has 0 fully saturated rings. The number of rotatable bonds is 8. The number of carbonyl (C=O) groups excluding carboxylic acids is 1. The summed E-state index contributed by atoms with van der Waals surface area (Å²) in [7, 11) is 3.24. The van der Waals surface area contributed by atoms with E-state index in [4.69, 9.17) is 9.47 Å². The number of urea groups is 1. The Morgan fingerprint density at radius 2 is 1.79 bits per heavy atom. The first-order chi connectivity index (χ1) is 11.7. The third kappa shape index (κ3) is 5.48. The largest absolute Gasteiger partial charge is 0.495 e. The van der Waals surface area contributed by atoms with Crippen molar-refractivity contribution in [3.05, 3.63) is 54.1 Å². The van der Waals surface area contributed by atoms with Gasteiger partial charge in [-0.15, -0.1) is 0 Å². The monoisotopic (exact) mass is 329 g/mol. The van der Waals surface area contributed by atoms with E-state index in [0.717, 1.165) is 17.8 Å². The number of hydrogen-bond donors (Lipinski definition) is 3. The molecule has 2 amide bonds. The first kappa shape index (κ1) is 17.6. The van der Waals surface area contributed by atoms with Crippen LogP contribution in [-0.2, 0) is 11.3 Å². The molecule has 3 N–H and O–H groups in total. The van der Waals surface area contributed by atoms with Crippen molar-refractivity contribution < 1.29 is 14.3 Å². The molecule has 2 rings (SSSR count). The van der Waals surface area contributed by atoms with Crippen LogP contribution in [-0.4, -0.2) is 33.4 Å². The smallest absolute Gasteiger partial charge is 0.319 e. The maximum Gasteiger partial charge on any atom is 0.319 e. The van der Waals surface area contributed by atoms with E-state index in [2.05, 4.69) is 16.0 Å². The van der Waals surface area contributed by atoms with Gasteiger partial charge < -0.3 is 25.4 Å². The van der Waals surface area contributed by atoms with Crippen LogP contribution in [0, 0.1) is 0 Å². The molecule has 128 valence electrons. The minimum absolute atomic E-state index is 0.276. The van der Waals surface area contributed by atoms with Gasteiger partial charge in [0.2, 0.25) is 0 Å². The lowest BCUT2D eigenvalue weighted by Gasteiger charge is -2.11. The van der Waals surface area contributed by atoms with Crippen LogP contribution in [0.2, 0.25) is 0 Å². The predicted octanol–water partition coefficient (Wildman–Crippen LogP) is 3.08. The lowest BCUT2D eigenvalue weighted by Crippen LogP contribution is -2.28. The summed E-state index contributed by atoms with van der Waals surface area (Å²) in [5, 5.41) is 8.85. The summed E-state index contributed by atoms with van der Waals surface area (Å²) >= 11 is 0. The van der Waals surface area contributed by atoms with Crippen molar-refractivity contribution in [3.8, 4) is 5.75 Å². The molecular weight excluding hydrogens is 306 g/mol. The van der Waals surface area contributed by atoms with Crippen LogP contribution in [0.5, 0.6) is 5.75 Å². The molecule has 2 aromatic rings. The summed E-state index contributed by atoms with van der Waals surface area (Å²) in [5.41, 5.74) is 2.67. The van der Waals surface area contributed by atoms with Gasteiger partial charge in [0.15, 0.2) is 0 Å². The summed E-state index contributed by atoms with van der Waals surface area (Å²) in [5.74, 6) is 0.624. The fourth-order valence-corrected chi connectivity index (χ4v) is 2.13. The quantitative estimate of drug-likeness (QED) is 0.651. The lowest BCUT2D eigenvalue weighted by atomic mass is 10.2. The number of hydrogen-bond acceptors (Lipinski definition) is 4. The van der Waals surface area contributed by atoms with Crippen LogP contribution in [0.1, 0.15) is 5.56 Å². The Morgan fingerprint density at radius 3 is 2.50 bits per heavy atom. The summed E-state index contributed by atoms with van der Waals surface area (Å²) in [6.45, 7) is 1.86. The number of para-hydroxylation sites is 2. The van der Waals surface area contributed by atoms with Gasteiger partial charge in [-0.3, -0.25) is 0 Å². The molecule has 0 spiro atoms. The van der Waals surface area contributed by atoms with Crippen LogP contribution in [0.3, 0.4) is 0 Å². The van der Waals surface area contributed by atoms with Crippen molar-refractivity contribution in [2.45, 2.75) is 6.54 Å². The standard InChI is InChI=1S/C18H23N3O3/c1-23-12-11-19-15-9-7-14(8-10-15)13-20-18(22)21-16-5-3-4-6-17(16)24-2/h3-10,19H,11-13H2,1-2H3,(H2,20,21,22). The van der Waals surface area contributed by atoms with Gasteiger partial charge in [0, 0.05) is 25.9 Å². The summed E-state index contributed by atoms with van der Waals surface area (Å²) in [6.07, 6.45) is 0. The molecule has 0 radical (unpaired) electrons. The van der Waals surface area contributed by atoms with Crippen molar-refractivity contribution in [1.82, 2.24) is 5.32 Å². The molecule has 0 aliphatic carbocycles. The second kappa shape index (κ2) is 9.42. The van der Waals surface area contributed by atoms with Gasteiger partial charge in [0.25, 0.3) is 0 Å². The van der Waals surface area contributed by atoms with Gasteiger partial charge in [0.05, 0.1) is 19.4 Å². The molecule has 0 unspecified atom stereocenters. The molecule has 24 heavy (non-hydrogen) atoms. The number of nitrogens with one attached hydrogen (secondary N) is 3. The van der Waals surface area contributed by atoms with Crippen LogP contribution >= 0.6 is 0 Å². The zero-order chi connectivity index (χ0) is 17.2. The van der Waals surface area contributed by atoms with E-state index in [0.29, 0.717) is 24.6 Å². The fourth-order valence-electron chi connectivity index (χ4n) is 2.13. The zero-order valence-electron chi connectivity index (χ0n) is 14.0. The second-order valence-electron chi connectivity index (χ2n) is 5.12. The number of ether oxygens (including phenoxy) is 2. The molecule has 0 aliphatic heterocycles. The van der Waals surface area contributed by atoms with Crippen molar-refractivity contribution >= 4 is 17.4 Å². The molecule has 0 atom stereocenters. The Balaban J connectivity index is 1.81. The minimum Gasteiger partial charge on any atom is -0.495 e. The second-order valence-corrected chi connectivity index (χ2v) is 5.12. The fraction of sp³-hybridized carbons (Fsp3) is 0.278. The molecule has 0 saturated carbocycles. The van der Waals surface area contributed by atoms with E-state index in [1.807, 2.05) is 36.4 Å². The van der Waals surface area contributed by atoms with Crippen molar-refractivity contribution in [2.75, 3.05) is 38.0 Å². The average molecular weight is 329 g/mol. The summed E-state index contributed by atoms with van der Waals surface area (Å²) in [6, 6.07) is 14.9. The van der Waals surface area contributed by atoms with Gasteiger partial charge in [-0.2, -0.15) is 0 Å². The molecular formula is C18H23N3O3. The van der Waals surface area contributed by atoms with E-state index in [1.54, 1.807) is 26.4 Å². The molecule has 2 aromatic carbocycles. The molecule has 0 heterocycles. The Bertz CT molecular complexity index is 644. The molecule has 0 aromatic heterocycles. The van der Waals surface area contributed by atoms with E-state index in [1.165, 1.54) is 0 Å². The first-order valence-electron chi connectivity index (χ1n) is 7.72. The maximum atomic E-state index is 12.0. The summed E-state index contributed by atoms with van der Waals surface area (Å²) in [4.78, 5) is 12.0. The number of anilines is 2. The molecule has 0 bridgehead atoms. The Hall–Kier alpha value is -2.73. The maximum absolute atomic E-state index is 12.0. The van der Waals surface area contributed by atoms with Gasteiger partial charge in [-0.05, 0) is 29.8 Å². The van der Waals surface area contributed by atoms with E-state index in [9.17, 15) is 4.79 Å². The molecule has 0 aliphatic rings. The number of methoxy groups -OCH3 is 2. The predicted molar refractivity (Wildman–Crippen MR) is 95.7 cm³/mol. The van der Waals surface area contributed by atoms with E-state index in [-0.39, 0.29) is 6.03 Å². The normalized spacial score (nSPS) is 10.1. The molecule has 0 saturated heterocycles. The lowest BCUT2D eigenvalue weighted by molar-refractivity contribution is 0.211. The average Bonchev–Trinajstić information content (AvgIpc) is 2.62. The van der Waals surface area contributed by atoms with Crippen LogP contribution in [0.4, 0.5) is 16.2 Å². The summed E-state index contributed by atoms with van der Waals surface area (Å²) < 4.78 is 10.2. The van der Waals surface area contributed by atoms with Crippen LogP contribution in [0.25, 0.3) is 0 Å². The number of carbonyl (C=O) groups is 1. The zero-order valence-corrected chi connectivity index (χ0v) is 14.0. The Kier molecular flexibility index (Phi) is 6.91. The van der Waals surface area contributed by atoms with Gasteiger partial charge in [-0.25, -0.2) is 4.79 Å². The van der Waals surface area contributed by atoms with E-state index >= 15 is 0 Å². The molecule has 6 nitrogen and oxygen atoms in total. The Morgan fingerprint density at radius 1 is 1.04 bits per heavy atom. The van der Waals surface area contributed by atoms with Gasteiger partial charge >= 0.3 is 6.03 Å². The van der Waals surface area contributed by atoms with Crippen molar-refractivity contribution in [2.24, 2.45) is 0 Å². The number of benzene rings is 2. The first-order valence-corrected chi connectivity index (χ1v) is 7.72. The third-order valence-electron chi connectivity index (χ3n) is 3.40. The molecule has 6 heteroatoms. The minimum atomic E-state index is -0.276. The van der Waals surface area contributed by atoms with Crippen molar-refractivity contribution in [1.29, 1.82) is 0 Å². The highest BCUT2D eigenvalue weighted by Gasteiger charge is 2.06. The third-order valence-corrected chi connectivity index (χ3v) is 3.40. The highest BCUT2D eigenvalue weighted by atomic mass is 16.5. The van der Waals surface area contributed by atoms with Crippen molar-refractivity contribution in [3.63, 3.8) is 0 Å². The number of amides is 2. The topological polar surface area (TPSA) is 71.6 Å². The Labute approximate surface area is 142 Å². The van der Waals surface area contributed by atoms with Gasteiger partial charge in [-0.1, -0.05) is 24.3 Å². The highest BCUT2D eigenvalue weighted by molar-refractivity contribution is 5.90. The van der Waals surface area contributed by atoms with Crippen LogP contribution < -0.4 is 20.7 Å². The van der Waals surface area contributed by atoms with Gasteiger partial charge in [0.1, 0.15) is 5.75 Å². The highest BCUT2D eigenvalue weighted by Crippen LogP contribution is 2.22. The van der Waals surface area contributed by atoms with E-state index < -0.39 is 0 Å². The van der Waals surface area contributed by atoms with Crippen LogP contribution in [0.15, 0.2) is 48.5 Å².